The maximum atomic E-state index is 10.7. The van der Waals surface area contributed by atoms with Crippen molar-refractivity contribution in [2.45, 2.75) is 20.3 Å². The maximum absolute atomic E-state index is 10.7. The highest BCUT2D eigenvalue weighted by atomic mass is 16.5. The summed E-state index contributed by atoms with van der Waals surface area (Å²) in [6, 6.07) is 9.13. The van der Waals surface area contributed by atoms with Crippen molar-refractivity contribution in [3.8, 4) is 17.4 Å². The largest absolute Gasteiger partial charge is 0.494 e. The molecule has 0 aliphatic heterocycles. The summed E-state index contributed by atoms with van der Waals surface area (Å²) in [6.07, 6.45) is 3.24. The molecule has 0 atom stereocenters. The molecule has 2 rings (SSSR count). The number of nitrogens with zero attached hydrogens (tertiary/aromatic N) is 1. The lowest BCUT2D eigenvalue weighted by Crippen LogP contribution is -1.95. The van der Waals surface area contributed by atoms with Gasteiger partial charge in [-0.1, -0.05) is 6.92 Å². The average Bonchev–Trinajstić information content (AvgIpc) is 2.48. The molecule has 104 valence electrons. The van der Waals surface area contributed by atoms with E-state index in [-0.39, 0.29) is 0 Å². The predicted molar refractivity (Wildman–Crippen MR) is 76.7 cm³/mol. The Hall–Kier alpha value is -2.36. The van der Waals surface area contributed by atoms with Crippen LogP contribution in [-0.2, 0) is 0 Å². The van der Waals surface area contributed by atoms with Gasteiger partial charge in [-0.25, -0.2) is 4.98 Å². The number of carbonyl (C=O) groups excluding carboxylic acids is 1. The van der Waals surface area contributed by atoms with Crippen LogP contribution in [-0.4, -0.2) is 17.9 Å². The van der Waals surface area contributed by atoms with E-state index in [0.29, 0.717) is 23.8 Å². The summed E-state index contributed by atoms with van der Waals surface area (Å²) < 4.78 is 11.2. The maximum Gasteiger partial charge on any atom is 0.222 e. The second-order valence-corrected chi connectivity index (χ2v) is 4.43. The minimum Gasteiger partial charge on any atom is -0.494 e. The SMILES string of the molecule is CCCOc1ccc(Oc2ncc(C=O)cc2C)cc1. The Morgan fingerprint density at radius 1 is 1.20 bits per heavy atom. The van der Waals surface area contributed by atoms with Gasteiger partial charge in [-0.15, -0.1) is 0 Å². The number of benzene rings is 1. The number of pyridine rings is 1. The van der Waals surface area contributed by atoms with E-state index in [1.165, 1.54) is 6.20 Å². The van der Waals surface area contributed by atoms with Crippen LogP contribution in [0, 0.1) is 6.92 Å². The Balaban J connectivity index is 2.08. The summed E-state index contributed by atoms with van der Waals surface area (Å²) in [5, 5.41) is 0. The molecule has 0 unspecified atom stereocenters. The zero-order valence-corrected chi connectivity index (χ0v) is 11.6. The van der Waals surface area contributed by atoms with E-state index >= 15 is 0 Å². The summed E-state index contributed by atoms with van der Waals surface area (Å²) >= 11 is 0. The Kier molecular flexibility index (Phi) is 4.71. The van der Waals surface area contributed by atoms with E-state index in [1.807, 2.05) is 31.2 Å². The zero-order chi connectivity index (χ0) is 14.4. The molecule has 0 radical (unpaired) electrons. The molecule has 1 aromatic carbocycles. The van der Waals surface area contributed by atoms with E-state index in [2.05, 4.69) is 11.9 Å². The highest BCUT2D eigenvalue weighted by Gasteiger charge is 2.04. The number of hydrogen-bond donors (Lipinski definition) is 0. The Bertz CT molecular complexity index is 579. The first-order valence-electron chi connectivity index (χ1n) is 6.55. The van der Waals surface area contributed by atoms with E-state index < -0.39 is 0 Å². The van der Waals surface area contributed by atoms with Crippen molar-refractivity contribution < 1.29 is 14.3 Å². The van der Waals surface area contributed by atoms with Crippen LogP contribution in [0.15, 0.2) is 36.5 Å². The Morgan fingerprint density at radius 2 is 1.90 bits per heavy atom. The first-order valence-corrected chi connectivity index (χ1v) is 6.55. The molecule has 0 spiro atoms. The minimum atomic E-state index is 0.498. The summed E-state index contributed by atoms with van der Waals surface area (Å²) in [4.78, 5) is 14.8. The van der Waals surface area contributed by atoms with Crippen LogP contribution < -0.4 is 9.47 Å². The number of ether oxygens (including phenoxy) is 2. The quantitative estimate of drug-likeness (QED) is 0.750. The number of aromatic nitrogens is 1. The second-order valence-electron chi connectivity index (χ2n) is 4.43. The molecule has 2 aromatic rings. The monoisotopic (exact) mass is 271 g/mol. The molecule has 0 aliphatic carbocycles. The Morgan fingerprint density at radius 3 is 2.50 bits per heavy atom. The normalized spacial score (nSPS) is 10.1. The fourth-order valence-electron chi connectivity index (χ4n) is 1.69. The van der Waals surface area contributed by atoms with E-state index in [4.69, 9.17) is 9.47 Å². The third kappa shape index (κ3) is 3.57. The van der Waals surface area contributed by atoms with E-state index in [9.17, 15) is 4.79 Å². The molecule has 0 amide bonds. The fraction of sp³-hybridized carbons (Fsp3) is 0.250. The number of hydrogen-bond acceptors (Lipinski definition) is 4. The van der Waals surface area contributed by atoms with Gasteiger partial charge >= 0.3 is 0 Å². The van der Waals surface area contributed by atoms with Gasteiger partial charge in [0.1, 0.15) is 11.5 Å². The molecule has 0 saturated carbocycles. The van der Waals surface area contributed by atoms with E-state index in [1.54, 1.807) is 6.07 Å². The number of carbonyl (C=O) groups is 1. The lowest BCUT2D eigenvalue weighted by Gasteiger charge is -2.09. The smallest absolute Gasteiger partial charge is 0.222 e. The van der Waals surface area contributed by atoms with Gasteiger partial charge in [0.05, 0.1) is 6.61 Å². The molecule has 1 heterocycles. The standard InChI is InChI=1S/C16H17NO3/c1-3-8-19-14-4-6-15(7-5-14)20-16-12(2)9-13(11-18)10-17-16/h4-7,9-11H,3,8H2,1-2H3. The molecule has 0 bridgehead atoms. The first-order chi connectivity index (χ1) is 9.72. The van der Waals surface area contributed by atoms with Crippen LogP contribution in [0.2, 0.25) is 0 Å². The highest BCUT2D eigenvalue weighted by Crippen LogP contribution is 2.25. The third-order valence-corrected chi connectivity index (χ3v) is 2.70. The van der Waals surface area contributed by atoms with Crippen LogP contribution in [0.1, 0.15) is 29.3 Å². The van der Waals surface area contributed by atoms with Gasteiger partial charge in [-0.2, -0.15) is 0 Å². The number of rotatable bonds is 6. The van der Waals surface area contributed by atoms with Crippen molar-refractivity contribution in [1.29, 1.82) is 0 Å². The lowest BCUT2D eigenvalue weighted by atomic mass is 10.2. The number of aldehydes is 1. The first kappa shape index (κ1) is 14.1. The zero-order valence-electron chi connectivity index (χ0n) is 11.6. The van der Waals surface area contributed by atoms with Crippen LogP contribution >= 0.6 is 0 Å². The molecule has 20 heavy (non-hydrogen) atoms. The predicted octanol–water partition coefficient (Wildman–Crippen LogP) is 3.78. The van der Waals surface area contributed by atoms with Crippen LogP contribution in [0.3, 0.4) is 0 Å². The summed E-state index contributed by atoms with van der Waals surface area (Å²) in [7, 11) is 0. The Labute approximate surface area is 118 Å². The third-order valence-electron chi connectivity index (χ3n) is 2.70. The van der Waals surface area contributed by atoms with Crippen molar-refractivity contribution in [2.75, 3.05) is 6.61 Å². The van der Waals surface area contributed by atoms with Gasteiger partial charge in [-0.05, 0) is 43.7 Å². The van der Waals surface area contributed by atoms with Gasteiger partial charge in [0.15, 0.2) is 6.29 Å². The minimum absolute atomic E-state index is 0.498. The van der Waals surface area contributed by atoms with Gasteiger partial charge in [0, 0.05) is 17.3 Å². The summed E-state index contributed by atoms with van der Waals surface area (Å²) in [5.41, 5.74) is 1.36. The van der Waals surface area contributed by atoms with Crippen LogP contribution in [0.5, 0.6) is 17.4 Å². The second kappa shape index (κ2) is 6.70. The van der Waals surface area contributed by atoms with Gasteiger partial charge < -0.3 is 9.47 Å². The molecule has 0 fully saturated rings. The fourth-order valence-corrected chi connectivity index (χ4v) is 1.69. The molecular formula is C16H17NO3. The van der Waals surface area contributed by atoms with Crippen molar-refractivity contribution in [3.63, 3.8) is 0 Å². The molecular weight excluding hydrogens is 254 g/mol. The van der Waals surface area contributed by atoms with Gasteiger partial charge in [0.25, 0.3) is 0 Å². The summed E-state index contributed by atoms with van der Waals surface area (Å²) in [6.45, 7) is 4.62. The van der Waals surface area contributed by atoms with Gasteiger partial charge in [0.2, 0.25) is 5.88 Å². The molecule has 0 aliphatic rings. The topological polar surface area (TPSA) is 48.4 Å². The van der Waals surface area contributed by atoms with Crippen LogP contribution in [0.4, 0.5) is 0 Å². The molecule has 0 N–H and O–H groups in total. The van der Waals surface area contributed by atoms with Gasteiger partial charge in [-0.3, -0.25) is 4.79 Å². The highest BCUT2D eigenvalue weighted by molar-refractivity contribution is 5.74. The summed E-state index contributed by atoms with van der Waals surface area (Å²) in [5.74, 6) is 2.00. The molecule has 0 saturated heterocycles. The average molecular weight is 271 g/mol. The lowest BCUT2D eigenvalue weighted by molar-refractivity contribution is 0.112. The van der Waals surface area contributed by atoms with Crippen molar-refractivity contribution in [3.05, 3.63) is 47.7 Å². The van der Waals surface area contributed by atoms with Crippen molar-refractivity contribution in [1.82, 2.24) is 4.98 Å². The van der Waals surface area contributed by atoms with Crippen molar-refractivity contribution in [2.24, 2.45) is 0 Å². The molecule has 4 nitrogen and oxygen atoms in total. The van der Waals surface area contributed by atoms with Crippen molar-refractivity contribution >= 4 is 6.29 Å². The number of aryl methyl sites for hydroxylation is 1. The van der Waals surface area contributed by atoms with E-state index in [0.717, 1.165) is 24.0 Å². The van der Waals surface area contributed by atoms with Crippen LogP contribution in [0.25, 0.3) is 0 Å². The molecule has 1 aromatic heterocycles. The molecule has 4 heteroatoms.